The third-order valence-corrected chi connectivity index (χ3v) is 3.58. The second-order valence-electron chi connectivity index (χ2n) is 4.77. The normalized spacial score (nSPS) is 12.4. The summed E-state index contributed by atoms with van der Waals surface area (Å²) in [6, 6.07) is 6.13. The van der Waals surface area contributed by atoms with Crippen molar-refractivity contribution in [1.29, 1.82) is 0 Å². The van der Waals surface area contributed by atoms with Gasteiger partial charge in [-0.15, -0.1) is 0 Å². The van der Waals surface area contributed by atoms with E-state index < -0.39 is 5.95 Å². The molecule has 7 heteroatoms. The molecule has 4 nitrogen and oxygen atoms in total. The molecular formula is C15H11ClF2N4. The van der Waals surface area contributed by atoms with Crippen molar-refractivity contribution in [3.05, 3.63) is 65.3 Å². The lowest BCUT2D eigenvalue weighted by Gasteiger charge is -2.12. The maximum atomic E-state index is 13.0. The molecule has 0 saturated heterocycles. The topological polar surface area (TPSA) is 43.6 Å². The van der Waals surface area contributed by atoms with Gasteiger partial charge in [-0.25, -0.2) is 14.4 Å². The molecule has 0 saturated carbocycles. The molecule has 0 N–H and O–H groups in total. The Bertz CT molecular complexity index is 802. The van der Waals surface area contributed by atoms with Crippen LogP contribution in [0.4, 0.5) is 8.78 Å². The van der Waals surface area contributed by atoms with Crippen LogP contribution in [0.25, 0.3) is 11.3 Å². The van der Waals surface area contributed by atoms with Crippen LogP contribution in [0.3, 0.4) is 0 Å². The monoisotopic (exact) mass is 320 g/mol. The molecular weight excluding hydrogens is 310 g/mol. The zero-order valence-corrected chi connectivity index (χ0v) is 12.3. The molecule has 2 aromatic heterocycles. The van der Waals surface area contributed by atoms with Crippen molar-refractivity contribution in [2.75, 3.05) is 0 Å². The van der Waals surface area contributed by atoms with Crippen molar-refractivity contribution in [3.63, 3.8) is 0 Å². The van der Waals surface area contributed by atoms with Crippen LogP contribution in [-0.2, 0) is 0 Å². The summed E-state index contributed by atoms with van der Waals surface area (Å²) >= 11 is 5.63. The predicted octanol–water partition coefficient (Wildman–Crippen LogP) is 3.88. The summed E-state index contributed by atoms with van der Waals surface area (Å²) in [6.45, 7) is 1.94. The fourth-order valence-corrected chi connectivity index (χ4v) is 2.21. The average Bonchev–Trinajstić information content (AvgIpc) is 3.00. The third-order valence-electron chi connectivity index (χ3n) is 3.34. The smallest absolute Gasteiger partial charge is 0.250 e. The highest BCUT2D eigenvalue weighted by Gasteiger charge is 2.12. The van der Waals surface area contributed by atoms with Gasteiger partial charge in [0.2, 0.25) is 0 Å². The van der Waals surface area contributed by atoms with Crippen molar-refractivity contribution < 1.29 is 8.78 Å². The number of hydrogen-bond donors (Lipinski definition) is 0. The van der Waals surface area contributed by atoms with E-state index in [0.717, 1.165) is 5.56 Å². The zero-order chi connectivity index (χ0) is 15.7. The van der Waals surface area contributed by atoms with Gasteiger partial charge in [-0.05, 0) is 24.6 Å². The fraction of sp³-hybridized carbons (Fsp3) is 0.133. The molecule has 1 aromatic carbocycles. The highest BCUT2D eigenvalue weighted by atomic mass is 35.5. The van der Waals surface area contributed by atoms with Crippen LogP contribution in [0, 0.1) is 11.8 Å². The minimum Gasteiger partial charge on any atom is -0.265 e. The van der Waals surface area contributed by atoms with E-state index >= 15 is 0 Å². The van der Waals surface area contributed by atoms with Crippen LogP contribution in [0.5, 0.6) is 0 Å². The van der Waals surface area contributed by atoms with Gasteiger partial charge >= 0.3 is 0 Å². The molecule has 1 unspecified atom stereocenters. The van der Waals surface area contributed by atoms with Gasteiger partial charge in [0.25, 0.3) is 5.95 Å². The van der Waals surface area contributed by atoms with Crippen LogP contribution < -0.4 is 0 Å². The van der Waals surface area contributed by atoms with Gasteiger partial charge < -0.3 is 0 Å². The van der Waals surface area contributed by atoms with Gasteiger partial charge in [0.1, 0.15) is 5.82 Å². The van der Waals surface area contributed by atoms with Gasteiger partial charge in [-0.2, -0.15) is 9.49 Å². The number of rotatable bonds is 3. The molecule has 2 heterocycles. The number of nitrogens with zero attached hydrogens (tertiary/aromatic N) is 4. The quantitative estimate of drug-likeness (QED) is 0.735. The Balaban J connectivity index is 1.89. The molecule has 3 rings (SSSR count). The largest absolute Gasteiger partial charge is 0.265 e. The summed E-state index contributed by atoms with van der Waals surface area (Å²) in [5.74, 6) is -1.09. The summed E-state index contributed by atoms with van der Waals surface area (Å²) in [4.78, 5) is 7.46. The van der Waals surface area contributed by atoms with Gasteiger partial charge in [0.15, 0.2) is 5.15 Å². The second kappa shape index (κ2) is 5.81. The zero-order valence-electron chi connectivity index (χ0n) is 11.5. The number of hydrogen-bond acceptors (Lipinski definition) is 3. The maximum absolute atomic E-state index is 13.0. The minimum atomic E-state index is -0.808. The first kappa shape index (κ1) is 14.6. The standard InChI is InChI=1S/C15H11ClF2N4/c1-9(10-2-4-12(17)5-3-10)22-8-11(6-20-22)13-7-19-15(18)14(16)21-13/h2-9H,1H3. The first-order chi connectivity index (χ1) is 10.5. The van der Waals surface area contributed by atoms with Gasteiger partial charge in [0, 0.05) is 11.8 Å². The predicted molar refractivity (Wildman–Crippen MR) is 78.4 cm³/mol. The van der Waals surface area contributed by atoms with Crippen molar-refractivity contribution in [1.82, 2.24) is 19.7 Å². The van der Waals surface area contributed by atoms with E-state index in [1.807, 2.05) is 6.92 Å². The van der Waals surface area contributed by atoms with Crippen molar-refractivity contribution >= 4 is 11.6 Å². The summed E-state index contributed by atoms with van der Waals surface area (Å²) in [6.07, 6.45) is 4.65. The Labute approximate surface area is 130 Å². The maximum Gasteiger partial charge on any atom is 0.250 e. The summed E-state index contributed by atoms with van der Waals surface area (Å²) < 4.78 is 27.7. The molecule has 3 aromatic rings. The highest BCUT2D eigenvalue weighted by molar-refractivity contribution is 6.29. The third kappa shape index (κ3) is 2.82. The Hall–Kier alpha value is -2.34. The fourth-order valence-electron chi connectivity index (χ4n) is 2.07. The Kier molecular flexibility index (Phi) is 3.85. The lowest BCUT2D eigenvalue weighted by Crippen LogP contribution is -2.06. The van der Waals surface area contributed by atoms with Crippen molar-refractivity contribution in [2.45, 2.75) is 13.0 Å². The summed E-state index contributed by atoms with van der Waals surface area (Å²) in [5.41, 5.74) is 2.02. The summed E-state index contributed by atoms with van der Waals surface area (Å²) in [5, 5.41) is 3.98. The van der Waals surface area contributed by atoms with E-state index in [1.54, 1.807) is 29.2 Å². The van der Waals surface area contributed by atoms with E-state index in [1.165, 1.54) is 18.3 Å². The number of halogens is 3. The van der Waals surface area contributed by atoms with E-state index in [2.05, 4.69) is 15.1 Å². The van der Waals surface area contributed by atoms with E-state index in [0.29, 0.717) is 11.3 Å². The first-order valence-electron chi connectivity index (χ1n) is 6.52. The van der Waals surface area contributed by atoms with E-state index in [4.69, 9.17) is 11.6 Å². The Morgan fingerprint density at radius 1 is 1.14 bits per heavy atom. The molecule has 0 spiro atoms. The molecule has 112 valence electrons. The van der Waals surface area contributed by atoms with Crippen LogP contribution in [-0.4, -0.2) is 19.7 Å². The van der Waals surface area contributed by atoms with Crippen LogP contribution in [0.1, 0.15) is 18.5 Å². The minimum absolute atomic E-state index is 0.0850. The van der Waals surface area contributed by atoms with Crippen LogP contribution in [0.15, 0.2) is 42.9 Å². The molecule has 0 radical (unpaired) electrons. The molecule has 0 fully saturated rings. The first-order valence-corrected chi connectivity index (χ1v) is 6.90. The molecule has 22 heavy (non-hydrogen) atoms. The lowest BCUT2D eigenvalue weighted by atomic mass is 10.1. The molecule has 1 atom stereocenters. The molecule has 0 aliphatic rings. The van der Waals surface area contributed by atoms with Gasteiger partial charge in [0.05, 0.1) is 24.1 Å². The van der Waals surface area contributed by atoms with Gasteiger partial charge in [-0.3, -0.25) is 4.68 Å². The molecule has 0 aliphatic heterocycles. The van der Waals surface area contributed by atoms with E-state index in [-0.39, 0.29) is 17.0 Å². The number of aromatic nitrogens is 4. The van der Waals surface area contributed by atoms with E-state index in [9.17, 15) is 8.78 Å². The van der Waals surface area contributed by atoms with Crippen molar-refractivity contribution in [3.8, 4) is 11.3 Å². The van der Waals surface area contributed by atoms with Crippen LogP contribution in [0.2, 0.25) is 5.15 Å². The van der Waals surface area contributed by atoms with Gasteiger partial charge in [-0.1, -0.05) is 23.7 Å². The Morgan fingerprint density at radius 3 is 2.55 bits per heavy atom. The van der Waals surface area contributed by atoms with Crippen LogP contribution >= 0.6 is 11.6 Å². The van der Waals surface area contributed by atoms with Crippen molar-refractivity contribution in [2.24, 2.45) is 0 Å². The number of benzene rings is 1. The second-order valence-corrected chi connectivity index (χ2v) is 5.13. The lowest BCUT2D eigenvalue weighted by molar-refractivity contribution is 0.561. The molecule has 0 aliphatic carbocycles. The summed E-state index contributed by atoms with van der Waals surface area (Å²) in [7, 11) is 0. The average molecular weight is 321 g/mol. The Morgan fingerprint density at radius 2 is 1.86 bits per heavy atom. The molecule has 0 bridgehead atoms. The SMILES string of the molecule is CC(c1ccc(F)cc1)n1cc(-c2cnc(F)c(Cl)n2)cn1. The highest BCUT2D eigenvalue weighted by Crippen LogP contribution is 2.23. The molecule has 0 amide bonds.